The van der Waals surface area contributed by atoms with Gasteiger partial charge in [-0.3, -0.25) is 0 Å². The molecule has 98 valence electrons. The van der Waals surface area contributed by atoms with E-state index in [2.05, 4.69) is 6.58 Å². The SMILES string of the molecule is C=C/C(C1=CC=C(F)C(CC)C1)=C(\C=C/C)OC. The fourth-order valence-corrected chi connectivity index (χ4v) is 2.10. The lowest BCUT2D eigenvalue weighted by Gasteiger charge is -2.21. The normalized spacial score (nSPS) is 21.2. The molecule has 0 N–H and O–H groups in total. The minimum Gasteiger partial charge on any atom is -0.496 e. The zero-order chi connectivity index (χ0) is 13.5. The number of rotatable bonds is 5. The zero-order valence-corrected chi connectivity index (χ0v) is 11.4. The molecule has 0 spiro atoms. The summed E-state index contributed by atoms with van der Waals surface area (Å²) in [5, 5.41) is 0. The first-order chi connectivity index (χ1) is 8.67. The van der Waals surface area contributed by atoms with Crippen molar-refractivity contribution in [3.05, 3.63) is 59.7 Å². The molecule has 0 heterocycles. The zero-order valence-electron chi connectivity index (χ0n) is 11.4. The highest BCUT2D eigenvalue weighted by atomic mass is 19.1. The van der Waals surface area contributed by atoms with Gasteiger partial charge in [-0.2, -0.15) is 0 Å². The summed E-state index contributed by atoms with van der Waals surface area (Å²) in [5.74, 6) is 0.711. The Morgan fingerprint density at radius 3 is 2.78 bits per heavy atom. The average molecular weight is 248 g/mol. The van der Waals surface area contributed by atoms with E-state index in [1.807, 2.05) is 32.1 Å². The third-order valence-corrected chi connectivity index (χ3v) is 3.15. The van der Waals surface area contributed by atoms with Gasteiger partial charge in [-0.05, 0) is 37.5 Å². The summed E-state index contributed by atoms with van der Waals surface area (Å²) in [4.78, 5) is 0. The second kappa shape index (κ2) is 7.00. The molecule has 0 aromatic carbocycles. The van der Waals surface area contributed by atoms with Crippen molar-refractivity contribution in [3.8, 4) is 0 Å². The van der Waals surface area contributed by atoms with Crippen molar-refractivity contribution in [2.75, 3.05) is 7.11 Å². The smallest absolute Gasteiger partial charge is 0.126 e. The molecule has 1 rings (SSSR count). The minimum atomic E-state index is -0.0327. The predicted molar refractivity (Wildman–Crippen MR) is 74.7 cm³/mol. The molecule has 1 unspecified atom stereocenters. The topological polar surface area (TPSA) is 9.23 Å². The number of methoxy groups -OCH3 is 1. The Hall–Kier alpha value is -1.57. The van der Waals surface area contributed by atoms with Crippen LogP contribution in [0.15, 0.2) is 59.7 Å². The molecule has 1 nitrogen and oxygen atoms in total. The molecule has 18 heavy (non-hydrogen) atoms. The standard InChI is InChI=1S/C16H21FO/c1-5-8-16(18-4)14(7-3)13-9-10-15(17)12(6-2)11-13/h5,7-10,12H,3,6,11H2,1-2,4H3/b8-5-,16-14-. The van der Waals surface area contributed by atoms with Crippen LogP contribution in [0.4, 0.5) is 4.39 Å². The second-order valence-electron chi connectivity index (χ2n) is 4.24. The largest absolute Gasteiger partial charge is 0.496 e. The molecule has 0 aromatic rings. The Balaban J connectivity index is 3.15. The van der Waals surface area contributed by atoms with E-state index in [9.17, 15) is 4.39 Å². The highest BCUT2D eigenvalue weighted by molar-refractivity contribution is 5.47. The first kappa shape index (κ1) is 14.5. The number of hydrogen-bond acceptors (Lipinski definition) is 1. The van der Waals surface area contributed by atoms with Gasteiger partial charge in [-0.25, -0.2) is 4.39 Å². The van der Waals surface area contributed by atoms with Gasteiger partial charge in [0, 0.05) is 11.5 Å². The van der Waals surface area contributed by atoms with Gasteiger partial charge in [0.1, 0.15) is 11.6 Å². The summed E-state index contributed by atoms with van der Waals surface area (Å²) in [6, 6.07) is 0. The molecule has 0 aliphatic heterocycles. The van der Waals surface area contributed by atoms with Crippen LogP contribution in [-0.4, -0.2) is 7.11 Å². The van der Waals surface area contributed by atoms with Crippen molar-refractivity contribution in [3.63, 3.8) is 0 Å². The van der Waals surface area contributed by atoms with Crippen molar-refractivity contribution in [1.29, 1.82) is 0 Å². The molecule has 0 fully saturated rings. The maximum Gasteiger partial charge on any atom is 0.126 e. The Kier molecular flexibility index (Phi) is 5.63. The molecule has 2 heteroatoms. The number of ether oxygens (including phenoxy) is 1. The summed E-state index contributed by atoms with van der Waals surface area (Å²) in [7, 11) is 1.63. The fourth-order valence-electron chi connectivity index (χ4n) is 2.10. The highest BCUT2D eigenvalue weighted by Crippen LogP contribution is 2.33. The van der Waals surface area contributed by atoms with Crippen LogP contribution in [0.3, 0.4) is 0 Å². The van der Waals surface area contributed by atoms with Crippen LogP contribution in [0, 0.1) is 5.92 Å². The van der Waals surface area contributed by atoms with Gasteiger partial charge in [0.15, 0.2) is 0 Å². The van der Waals surface area contributed by atoms with Gasteiger partial charge in [0.2, 0.25) is 0 Å². The molecule has 0 radical (unpaired) electrons. The van der Waals surface area contributed by atoms with Crippen molar-refractivity contribution in [2.45, 2.75) is 26.7 Å². The van der Waals surface area contributed by atoms with E-state index < -0.39 is 0 Å². The van der Waals surface area contributed by atoms with Crippen LogP contribution in [0.1, 0.15) is 26.7 Å². The monoisotopic (exact) mass is 248 g/mol. The molecule has 0 saturated carbocycles. The fraction of sp³-hybridized carbons (Fsp3) is 0.375. The van der Waals surface area contributed by atoms with E-state index in [1.54, 1.807) is 19.3 Å². The number of hydrogen-bond donors (Lipinski definition) is 0. The van der Waals surface area contributed by atoms with Crippen LogP contribution < -0.4 is 0 Å². The number of halogens is 1. The third-order valence-electron chi connectivity index (χ3n) is 3.15. The molecule has 1 aliphatic rings. The van der Waals surface area contributed by atoms with Crippen molar-refractivity contribution >= 4 is 0 Å². The first-order valence-corrected chi connectivity index (χ1v) is 6.27. The second-order valence-corrected chi connectivity index (χ2v) is 4.24. The lowest BCUT2D eigenvalue weighted by atomic mass is 9.87. The molecular formula is C16H21FO. The Morgan fingerprint density at radius 1 is 1.56 bits per heavy atom. The van der Waals surface area contributed by atoms with Crippen LogP contribution in [-0.2, 0) is 4.74 Å². The van der Waals surface area contributed by atoms with Gasteiger partial charge >= 0.3 is 0 Å². The Labute approximate surface area is 109 Å². The molecule has 0 saturated heterocycles. The van der Waals surface area contributed by atoms with Gasteiger partial charge in [-0.1, -0.05) is 31.7 Å². The Morgan fingerprint density at radius 2 is 2.28 bits per heavy atom. The average Bonchev–Trinajstić information content (AvgIpc) is 2.40. The first-order valence-electron chi connectivity index (χ1n) is 6.27. The lowest BCUT2D eigenvalue weighted by Crippen LogP contribution is -2.07. The van der Waals surface area contributed by atoms with Crippen LogP contribution in [0.5, 0.6) is 0 Å². The Bertz CT molecular complexity index is 424. The maximum atomic E-state index is 13.5. The predicted octanol–water partition coefficient (Wildman–Crippen LogP) is 4.86. The molecule has 1 aliphatic carbocycles. The lowest BCUT2D eigenvalue weighted by molar-refractivity contribution is 0.303. The maximum absolute atomic E-state index is 13.5. The van der Waals surface area contributed by atoms with E-state index in [-0.39, 0.29) is 11.7 Å². The van der Waals surface area contributed by atoms with Gasteiger partial charge in [0.05, 0.1) is 7.11 Å². The van der Waals surface area contributed by atoms with Crippen molar-refractivity contribution in [2.24, 2.45) is 5.92 Å². The van der Waals surface area contributed by atoms with Crippen LogP contribution in [0.25, 0.3) is 0 Å². The van der Waals surface area contributed by atoms with E-state index >= 15 is 0 Å². The van der Waals surface area contributed by atoms with E-state index in [4.69, 9.17) is 4.74 Å². The van der Waals surface area contributed by atoms with E-state index in [0.717, 1.165) is 23.3 Å². The summed E-state index contributed by atoms with van der Waals surface area (Å²) in [5.41, 5.74) is 2.02. The van der Waals surface area contributed by atoms with Crippen LogP contribution in [0.2, 0.25) is 0 Å². The van der Waals surface area contributed by atoms with Crippen LogP contribution >= 0.6 is 0 Å². The highest BCUT2D eigenvalue weighted by Gasteiger charge is 2.20. The molecule has 0 amide bonds. The van der Waals surface area contributed by atoms with Crippen molar-refractivity contribution in [1.82, 2.24) is 0 Å². The molecule has 0 bridgehead atoms. The minimum absolute atomic E-state index is 0.0244. The van der Waals surface area contributed by atoms with E-state index in [0.29, 0.717) is 6.42 Å². The van der Waals surface area contributed by atoms with E-state index in [1.165, 1.54) is 0 Å². The van der Waals surface area contributed by atoms with Gasteiger partial charge < -0.3 is 4.74 Å². The van der Waals surface area contributed by atoms with Crippen molar-refractivity contribution < 1.29 is 9.13 Å². The number of allylic oxidation sites excluding steroid dienone is 8. The van der Waals surface area contributed by atoms with Gasteiger partial charge in [-0.15, -0.1) is 0 Å². The summed E-state index contributed by atoms with van der Waals surface area (Å²) >= 11 is 0. The molecule has 1 atom stereocenters. The quantitative estimate of drug-likeness (QED) is 0.498. The molecular weight excluding hydrogens is 227 g/mol. The summed E-state index contributed by atoms with van der Waals surface area (Å²) < 4.78 is 18.9. The summed E-state index contributed by atoms with van der Waals surface area (Å²) in [6.45, 7) is 7.77. The third kappa shape index (κ3) is 3.22. The molecule has 0 aromatic heterocycles. The van der Waals surface area contributed by atoms with Gasteiger partial charge in [0.25, 0.3) is 0 Å². The summed E-state index contributed by atoms with van der Waals surface area (Å²) in [6.07, 6.45) is 10.5.